The molecule has 1 aromatic heterocycles. The fraction of sp³-hybridized carbons (Fsp3) is 0.261. The van der Waals surface area contributed by atoms with Crippen LogP contribution < -0.4 is 20.7 Å². The molecule has 0 fully saturated rings. The fourth-order valence-electron chi connectivity index (χ4n) is 6.73. The summed E-state index contributed by atoms with van der Waals surface area (Å²) in [4.78, 5) is 56.7. The predicted molar refractivity (Wildman–Crippen MR) is 229 cm³/mol. The number of carbonyl (C=O) groups excluding carboxylic acids is 4. The molecule has 57 heavy (non-hydrogen) atoms. The summed E-state index contributed by atoms with van der Waals surface area (Å²) in [6, 6.07) is 32.5. The topological polar surface area (TPSA) is 123 Å². The van der Waals surface area contributed by atoms with Gasteiger partial charge in [-0.05, 0) is 103 Å². The first-order valence-electron chi connectivity index (χ1n) is 18.9. The molecular formula is C46H47N3O6S2. The first kappa shape index (κ1) is 41.0. The lowest BCUT2D eigenvalue weighted by molar-refractivity contribution is -0.116. The Bertz CT molecular complexity index is 2260. The lowest BCUT2D eigenvalue weighted by atomic mass is 9.72. The number of benzene rings is 4. The van der Waals surface area contributed by atoms with Crippen LogP contribution in [0.25, 0.3) is 6.08 Å². The molecule has 1 aliphatic rings. The van der Waals surface area contributed by atoms with Crippen LogP contribution in [0.5, 0.6) is 5.75 Å². The number of thiophene rings is 1. The Labute approximate surface area is 342 Å². The number of nitrogens with one attached hydrogen (secondary N) is 3. The molecule has 5 aromatic rings. The highest BCUT2D eigenvalue weighted by Crippen LogP contribution is 2.45. The van der Waals surface area contributed by atoms with E-state index in [1.54, 1.807) is 86.8 Å². The number of hydrogen-bond acceptors (Lipinski definition) is 8. The van der Waals surface area contributed by atoms with Crippen LogP contribution in [-0.4, -0.2) is 37.4 Å². The van der Waals surface area contributed by atoms with Gasteiger partial charge < -0.3 is 25.4 Å². The van der Waals surface area contributed by atoms with Crippen molar-refractivity contribution in [2.24, 2.45) is 11.3 Å². The molecule has 9 nitrogen and oxygen atoms in total. The van der Waals surface area contributed by atoms with Gasteiger partial charge in [-0.1, -0.05) is 87.5 Å². The van der Waals surface area contributed by atoms with Crippen LogP contribution in [-0.2, 0) is 27.2 Å². The molecule has 1 heterocycles. The van der Waals surface area contributed by atoms with E-state index in [0.29, 0.717) is 43.9 Å². The van der Waals surface area contributed by atoms with Crippen molar-refractivity contribution in [3.63, 3.8) is 0 Å². The summed E-state index contributed by atoms with van der Waals surface area (Å²) in [6.07, 6.45) is 4.14. The van der Waals surface area contributed by atoms with Crippen LogP contribution in [0.2, 0.25) is 0 Å². The number of fused-ring (bicyclic) bond motifs is 1. The highest BCUT2D eigenvalue weighted by molar-refractivity contribution is 8.00. The largest absolute Gasteiger partial charge is 0.497 e. The van der Waals surface area contributed by atoms with Gasteiger partial charge in [0.2, 0.25) is 5.91 Å². The average Bonchev–Trinajstić information content (AvgIpc) is 3.57. The minimum absolute atomic E-state index is 0.0292. The standard InChI is InChI=1S/C46H47N3O6S2/c1-6-55-45(53)39-36-24-23-32(46(2,3)4)27-38(36)57-44(39)49-43(52)40(30-16-9-7-10-17-30)56-35-22-14-20-33(28-35)47-42(51)37(26-29-15-13-21-34(25-29)54-5)48-41(50)31-18-11-8-12-19-31/h7-22,25-26,28,32,40H,6,23-24,27H2,1-5H3,(H,47,51)(H,48,50)(H,49,52)/b37-26-. The van der Waals surface area contributed by atoms with Gasteiger partial charge in [0.15, 0.2) is 0 Å². The number of hydrogen-bond donors (Lipinski definition) is 3. The van der Waals surface area contributed by atoms with E-state index in [2.05, 4.69) is 36.7 Å². The van der Waals surface area contributed by atoms with Crippen molar-refractivity contribution in [1.29, 1.82) is 0 Å². The SMILES string of the molecule is CCOC(=O)c1c(NC(=O)C(Sc2cccc(NC(=O)/C(=C/c3cccc(OC)c3)NC(=O)c3ccccc3)c2)c2ccccc2)sc2c1CCC(C(C)(C)C)C2. The molecule has 2 unspecified atom stereocenters. The monoisotopic (exact) mass is 801 g/mol. The van der Waals surface area contributed by atoms with Crippen LogP contribution in [0.15, 0.2) is 120 Å². The van der Waals surface area contributed by atoms with Gasteiger partial charge in [-0.2, -0.15) is 0 Å². The maximum Gasteiger partial charge on any atom is 0.341 e. The summed E-state index contributed by atoms with van der Waals surface area (Å²) in [5.41, 5.74) is 3.86. The van der Waals surface area contributed by atoms with Crippen LogP contribution >= 0.6 is 23.1 Å². The second-order valence-corrected chi connectivity index (χ2v) is 17.1. The molecule has 0 radical (unpaired) electrons. The van der Waals surface area contributed by atoms with Crippen molar-refractivity contribution in [1.82, 2.24) is 5.32 Å². The number of anilines is 2. The zero-order valence-corrected chi connectivity index (χ0v) is 34.4. The normalized spacial score (nSPS) is 14.5. The maximum absolute atomic E-state index is 14.4. The maximum atomic E-state index is 14.4. The average molecular weight is 802 g/mol. The summed E-state index contributed by atoms with van der Waals surface area (Å²) in [7, 11) is 1.56. The first-order valence-corrected chi connectivity index (χ1v) is 20.6. The van der Waals surface area contributed by atoms with E-state index in [4.69, 9.17) is 9.47 Å². The summed E-state index contributed by atoms with van der Waals surface area (Å²) < 4.78 is 10.9. The molecule has 0 bridgehead atoms. The van der Waals surface area contributed by atoms with Gasteiger partial charge in [0.05, 0.1) is 19.3 Å². The van der Waals surface area contributed by atoms with Crippen molar-refractivity contribution >= 4 is 63.6 Å². The molecule has 11 heteroatoms. The molecule has 0 aliphatic heterocycles. The second kappa shape index (κ2) is 18.5. The first-order chi connectivity index (χ1) is 27.4. The van der Waals surface area contributed by atoms with Gasteiger partial charge in [0.1, 0.15) is 21.7 Å². The molecule has 3 N–H and O–H groups in total. The third-order valence-electron chi connectivity index (χ3n) is 9.83. The predicted octanol–water partition coefficient (Wildman–Crippen LogP) is 9.97. The van der Waals surface area contributed by atoms with E-state index in [1.165, 1.54) is 23.1 Å². The number of thioether (sulfide) groups is 1. The number of esters is 1. The van der Waals surface area contributed by atoms with Gasteiger partial charge >= 0.3 is 5.97 Å². The summed E-state index contributed by atoms with van der Waals surface area (Å²) in [5, 5.41) is 8.64. The minimum atomic E-state index is -0.706. The summed E-state index contributed by atoms with van der Waals surface area (Å²) in [5.74, 6) is -0.632. The van der Waals surface area contributed by atoms with Crippen molar-refractivity contribution in [2.75, 3.05) is 24.4 Å². The van der Waals surface area contributed by atoms with Gasteiger partial charge in [0, 0.05) is 21.0 Å². The van der Waals surface area contributed by atoms with Gasteiger partial charge in [-0.3, -0.25) is 14.4 Å². The van der Waals surface area contributed by atoms with Gasteiger partial charge in [-0.25, -0.2) is 4.79 Å². The number of rotatable bonds is 13. The highest BCUT2D eigenvalue weighted by Gasteiger charge is 2.35. The number of ether oxygens (including phenoxy) is 2. The lowest BCUT2D eigenvalue weighted by Gasteiger charge is -2.33. The minimum Gasteiger partial charge on any atom is -0.497 e. The van der Waals surface area contributed by atoms with Crippen LogP contribution in [0, 0.1) is 11.3 Å². The Morgan fingerprint density at radius 3 is 2.32 bits per heavy atom. The van der Waals surface area contributed by atoms with E-state index in [1.807, 2.05) is 42.5 Å². The third kappa shape index (κ3) is 10.4. The smallest absolute Gasteiger partial charge is 0.341 e. The molecular weight excluding hydrogens is 755 g/mol. The summed E-state index contributed by atoms with van der Waals surface area (Å²) in [6.45, 7) is 8.75. The quantitative estimate of drug-likeness (QED) is 0.0616. The molecule has 294 valence electrons. The Morgan fingerprint density at radius 2 is 1.61 bits per heavy atom. The lowest BCUT2D eigenvalue weighted by Crippen LogP contribution is -2.30. The molecule has 0 saturated heterocycles. The molecule has 3 amide bonds. The fourth-order valence-corrected chi connectivity index (χ4v) is 9.13. The van der Waals surface area contributed by atoms with Crippen LogP contribution in [0.1, 0.15) is 81.6 Å². The van der Waals surface area contributed by atoms with Crippen molar-refractivity contribution in [3.8, 4) is 5.75 Å². The molecule has 6 rings (SSSR count). The Kier molecular flexibility index (Phi) is 13.3. The molecule has 1 aliphatic carbocycles. The molecule has 4 aromatic carbocycles. The van der Waals surface area contributed by atoms with E-state index in [9.17, 15) is 19.2 Å². The summed E-state index contributed by atoms with van der Waals surface area (Å²) >= 11 is 2.79. The number of carbonyl (C=O) groups is 4. The van der Waals surface area contributed by atoms with Gasteiger partial charge in [-0.15, -0.1) is 23.1 Å². The van der Waals surface area contributed by atoms with E-state index in [-0.39, 0.29) is 23.6 Å². The van der Waals surface area contributed by atoms with Crippen LogP contribution in [0.4, 0.5) is 10.7 Å². The van der Waals surface area contributed by atoms with Crippen molar-refractivity contribution in [2.45, 2.75) is 57.1 Å². The van der Waals surface area contributed by atoms with Crippen molar-refractivity contribution < 1.29 is 28.7 Å². The molecule has 2 atom stereocenters. The molecule has 0 saturated carbocycles. The van der Waals surface area contributed by atoms with Gasteiger partial charge in [0.25, 0.3) is 11.8 Å². The number of methoxy groups -OCH3 is 1. The zero-order valence-electron chi connectivity index (χ0n) is 32.7. The zero-order chi connectivity index (χ0) is 40.5. The molecule has 0 spiro atoms. The second-order valence-electron chi connectivity index (χ2n) is 14.8. The third-order valence-corrected chi connectivity index (χ3v) is 12.2. The Hall–Kier alpha value is -5.65. The van der Waals surface area contributed by atoms with E-state index < -0.39 is 23.0 Å². The highest BCUT2D eigenvalue weighted by atomic mass is 32.2. The van der Waals surface area contributed by atoms with Crippen molar-refractivity contribution in [3.05, 3.63) is 148 Å². The van der Waals surface area contributed by atoms with E-state index in [0.717, 1.165) is 35.3 Å². The van der Waals surface area contributed by atoms with Crippen LogP contribution in [0.3, 0.4) is 0 Å². The number of amides is 3. The Morgan fingerprint density at radius 1 is 0.895 bits per heavy atom. The Balaban J connectivity index is 1.26. The van der Waals surface area contributed by atoms with E-state index >= 15 is 0 Å².